The molecule has 0 fully saturated rings. The van der Waals surface area contributed by atoms with E-state index in [9.17, 15) is 0 Å². The zero-order valence-electron chi connectivity index (χ0n) is 31.9. The van der Waals surface area contributed by atoms with E-state index in [1.54, 1.807) is 0 Å². The van der Waals surface area contributed by atoms with Gasteiger partial charge in [-0.1, -0.05) is 158 Å². The Hall–Kier alpha value is -7.68. The highest BCUT2D eigenvalue weighted by Crippen LogP contribution is 2.47. The Morgan fingerprint density at radius 2 is 0.776 bits per heavy atom. The zero-order chi connectivity index (χ0) is 38.6. The molecule has 0 spiro atoms. The van der Waals surface area contributed by atoms with E-state index in [4.69, 9.17) is 0 Å². The second kappa shape index (κ2) is 13.8. The minimum absolute atomic E-state index is 1.07. The van der Waals surface area contributed by atoms with Gasteiger partial charge in [0.2, 0.25) is 0 Å². The number of para-hydroxylation sites is 2. The van der Waals surface area contributed by atoms with E-state index < -0.39 is 0 Å². The summed E-state index contributed by atoms with van der Waals surface area (Å²) in [6, 6.07) is 78.9. The molecule has 2 nitrogen and oxygen atoms in total. The Bertz CT molecular complexity index is 3140. The van der Waals surface area contributed by atoms with Crippen molar-refractivity contribution < 1.29 is 0 Å². The lowest BCUT2D eigenvalue weighted by Gasteiger charge is -2.26. The second-order valence-electron chi connectivity index (χ2n) is 15.0. The van der Waals surface area contributed by atoms with Crippen LogP contribution in [0.25, 0.3) is 77.6 Å². The van der Waals surface area contributed by atoms with Gasteiger partial charge < -0.3 is 9.47 Å². The largest absolute Gasteiger partial charge is 0.310 e. The number of benzene rings is 9. The van der Waals surface area contributed by atoms with Gasteiger partial charge in [-0.05, 0) is 128 Å². The average Bonchev–Trinajstić information content (AvgIpc) is 3.78. The molecule has 0 N–H and O–H groups in total. The molecule has 1 heterocycles. The number of nitrogens with zero attached hydrogens (tertiary/aromatic N) is 2. The Morgan fingerprint density at radius 3 is 1.45 bits per heavy atom. The van der Waals surface area contributed by atoms with Crippen molar-refractivity contribution >= 4 is 44.4 Å². The molecule has 9 aromatic carbocycles. The number of anilines is 3. The quantitative estimate of drug-likeness (QED) is 0.158. The maximum atomic E-state index is 4.54. The van der Waals surface area contributed by atoms with Gasteiger partial charge in [0.05, 0.1) is 11.0 Å². The molecular formula is C56H38N2. The second-order valence-corrected chi connectivity index (χ2v) is 15.0. The van der Waals surface area contributed by atoms with Gasteiger partial charge in [0, 0.05) is 33.5 Å². The maximum absolute atomic E-state index is 4.54. The highest BCUT2D eigenvalue weighted by Gasteiger charge is 2.24. The maximum Gasteiger partial charge on any atom is 0.0541 e. The molecular weight excluding hydrogens is 701 g/mol. The zero-order valence-corrected chi connectivity index (χ0v) is 31.9. The summed E-state index contributed by atoms with van der Waals surface area (Å²) in [5, 5.41) is 2.50. The summed E-state index contributed by atoms with van der Waals surface area (Å²) in [6.45, 7) is 4.54. The normalized spacial score (nSPS) is 11.8. The first-order valence-corrected chi connectivity index (χ1v) is 19.9. The van der Waals surface area contributed by atoms with Gasteiger partial charge in [-0.3, -0.25) is 0 Å². The van der Waals surface area contributed by atoms with Crippen LogP contribution >= 0.6 is 0 Å². The molecule has 0 unspecified atom stereocenters. The van der Waals surface area contributed by atoms with Crippen LogP contribution in [0.3, 0.4) is 0 Å². The molecule has 58 heavy (non-hydrogen) atoms. The van der Waals surface area contributed by atoms with Crippen LogP contribution in [0.5, 0.6) is 0 Å². The Labute approximate surface area is 338 Å². The topological polar surface area (TPSA) is 8.17 Å². The van der Waals surface area contributed by atoms with Crippen molar-refractivity contribution in [3.05, 3.63) is 236 Å². The number of hydrogen-bond donors (Lipinski definition) is 0. The van der Waals surface area contributed by atoms with Gasteiger partial charge >= 0.3 is 0 Å². The van der Waals surface area contributed by atoms with E-state index in [0.29, 0.717) is 0 Å². The smallest absolute Gasteiger partial charge is 0.0541 e. The average molecular weight is 739 g/mol. The number of aromatic nitrogens is 1. The Kier molecular flexibility index (Phi) is 8.01. The fourth-order valence-electron chi connectivity index (χ4n) is 8.83. The molecule has 0 aliphatic heterocycles. The first-order valence-electron chi connectivity index (χ1n) is 19.9. The first kappa shape index (κ1) is 33.6. The summed E-state index contributed by atoms with van der Waals surface area (Å²) in [5.74, 6) is 0. The SMILES string of the molecule is C=C1c2ccccc2-c2ccc(N(c3ccc(-c4ccc(-c5ccccc5)cc4)cc3)c3ccc(-c4ccc5c(c4)c4ccccc4n5-c4ccccc4)cc3)cc21. The molecule has 0 bridgehead atoms. The van der Waals surface area contributed by atoms with Crippen molar-refractivity contribution in [2.75, 3.05) is 4.90 Å². The lowest BCUT2D eigenvalue weighted by Crippen LogP contribution is -2.10. The summed E-state index contributed by atoms with van der Waals surface area (Å²) >= 11 is 0. The van der Waals surface area contributed by atoms with Crippen molar-refractivity contribution in [3.8, 4) is 50.2 Å². The fourth-order valence-corrected chi connectivity index (χ4v) is 8.83. The van der Waals surface area contributed by atoms with E-state index in [0.717, 1.165) is 22.6 Å². The standard InChI is InChI=1S/C56H38N2/c1-38-49-16-8-9-17-50(49)51-34-33-48(37-53(38)51)57(46-29-24-42(25-30-46)41-22-20-40(21-23-41)39-12-4-2-5-13-39)47-31-26-43(27-32-47)44-28-35-56-54(36-44)52-18-10-11-19-55(52)58(56)45-14-6-3-7-15-45/h2-37H,1H2. The molecule has 0 saturated carbocycles. The van der Waals surface area contributed by atoms with Crippen LogP contribution in [0.2, 0.25) is 0 Å². The summed E-state index contributed by atoms with van der Waals surface area (Å²) in [4.78, 5) is 2.36. The van der Waals surface area contributed by atoms with Crippen LogP contribution in [0.1, 0.15) is 11.1 Å². The van der Waals surface area contributed by atoms with Gasteiger partial charge in [-0.2, -0.15) is 0 Å². The van der Waals surface area contributed by atoms with Crippen molar-refractivity contribution in [2.24, 2.45) is 0 Å². The Balaban J connectivity index is 0.973. The summed E-state index contributed by atoms with van der Waals surface area (Å²) in [6.07, 6.45) is 0. The van der Waals surface area contributed by atoms with Gasteiger partial charge in [0.15, 0.2) is 0 Å². The molecule has 11 rings (SSSR count). The van der Waals surface area contributed by atoms with Crippen LogP contribution in [-0.4, -0.2) is 4.57 Å². The minimum atomic E-state index is 1.07. The van der Waals surface area contributed by atoms with Gasteiger partial charge in [0.1, 0.15) is 0 Å². The minimum Gasteiger partial charge on any atom is -0.310 e. The highest BCUT2D eigenvalue weighted by molar-refractivity contribution is 6.10. The van der Waals surface area contributed by atoms with Gasteiger partial charge in [-0.15, -0.1) is 0 Å². The third kappa shape index (κ3) is 5.66. The van der Waals surface area contributed by atoms with Gasteiger partial charge in [0.25, 0.3) is 0 Å². The van der Waals surface area contributed by atoms with Crippen LogP contribution < -0.4 is 4.90 Å². The van der Waals surface area contributed by atoms with E-state index in [1.165, 1.54) is 83.1 Å². The number of hydrogen-bond acceptors (Lipinski definition) is 1. The lowest BCUT2D eigenvalue weighted by atomic mass is 9.99. The van der Waals surface area contributed by atoms with E-state index in [1.807, 2.05) is 0 Å². The molecule has 1 aliphatic carbocycles. The molecule has 1 aliphatic rings. The number of fused-ring (bicyclic) bond motifs is 6. The monoisotopic (exact) mass is 738 g/mol. The summed E-state index contributed by atoms with van der Waals surface area (Å²) in [7, 11) is 0. The van der Waals surface area contributed by atoms with Crippen LogP contribution in [-0.2, 0) is 0 Å². The van der Waals surface area contributed by atoms with E-state index in [2.05, 4.69) is 234 Å². The summed E-state index contributed by atoms with van der Waals surface area (Å²) in [5.41, 5.74) is 20.0. The van der Waals surface area contributed by atoms with Gasteiger partial charge in [-0.25, -0.2) is 0 Å². The molecule has 1 aromatic heterocycles. The number of rotatable bonds is 7. The predicted molar refractivity (Wildman–Crippen MR) is 245 cm³/mol. The Morgan fingerprint density at radius 1 is 0.310 bits per heavy atom. The fraction of sp³-hybridized carbons (Fsp3) is 0. The molecule has 0 radical (unpaired) electrons. The molecule has 0 saturated heterocycles. The van der Waals surface area contributed by atoms with Crippen LogP contribution in [0.15, 0.2) is 225 Å². The van der Waals surface area contributed by atoms with Crippen molar-refractivity contribution in [2.45, 2.75) is 0 Å². The van der Waals surface area contributed by atoms with E-state index in [-0.39, 0.29) is 0 Å². The van der Waals surface area contributed by atoms with Crippen LogP contribution in [0, 0.1) is 0 Å². The van der Waals surface area contributed by atoms with Crippen LogP contribution in [0.4, 0.5) is 17.1 Å². The van der Waals surface area contributed by atoms with Crippen molar-refractivity contribution in [1.29, 1.82) is 0 Å². The third-order valence-corrected chi connectivity index (χ3v) is 11.7. The molecule has 0 amide bonds. The molecule has 10 aromatic rings. The predicted octanol–water partition coefficient (Wildman–Crippen LogP) is 15.3. The first-order chi connectivity index (χ1) is 28.7. The lowest BCUT2D eigenvalue weighted by molar-refractivity contribution is 1.18. The molecule has 272 valence electrons. The highest BCUT2D eigenvalue weighted by atomic mass is 15.1. The third-order valence-electron chi connectivity index (χ3n) is 11.7. The van der Waals surface area contributed by atoms with E-state index >= 15 is 0 Å². The van der Waals surface area contributed by atoms with Crippen molar-refractivity contribution in [1.82, 2.24) is 4.57 Å². The molecule has 0 atom stereocenters. The summed E-state index contributed by atoms with van der Waals surface area (Å²) < 4.78 is 2.37. The molecule has 2 heteroatoms. The van der Waals surface area contributed by atoms with Crippen molar-refractivity contribution in [3.63, 3.8) is 0 Å².